The number of pyridine rings is 1. The van der Waals surface area contributed by atoms with Gasteiger partial charge < -0.3 is 20.1 Å². The van der Waals surface area contributed by atoms with Crippen LogP contribution in [-0.2, 0) is 16.6 Å². The Hall–Kier alpha value is -4.00. The second kappa shape index (κ2) is 10.8. The average molecular weight is 537 g/mol. The summed E-state index contributed by atoms with van der Waals surface area (Å²) in [5.41, 5.74) is 5.14. The lowest BCUT2D eigenvalue weighted by Gasteiger charge is -2.20. The van der Waals surface area contributed by atoms with Crippen molar-refractivity contribution in [3.05, 3.63) is 71.7 Å². The standard InChI is InChI=1S/C26H28N6O5S/c1-17-20(19-6-7-23-24(13-19)37-11-10-36-23)4-3-5-22(17)30-26(33)21-12-18(15-32-16-28-31-25(21)32)14-27-8-9-29-38(2,34)35/h3-7,12-13,15-16,27,29H,8-11,14H2,1-2H3,(H,30,33). The molecule has 11 nitrogen and oxygen atoms in total. The molecule has 1 aliphatic heterocycles. The van der Waals surface area contributed by atoms with Gasteiger partial charge in [-0.3, -0.25) is 9.20 Å². The Bertz CT molecular complexity index is 1600. The first-order valence-corrected chi connectivity index (χ1v) is 14.0. The Balaban J connectivity index is 1.35. The molecule has 2 aromatic heterocycles. The first-order chi connectivity index (χ1) is 18.3. The molecule has 0 fully saturated rings. The van der Waals surface area contributed by atoms with E-state index in [1.807, 2.05) is 49.5 Å². The Kier molecular flexibility index (Phi) is 7.27. The van der Waals surface area contributed by atoms with Gasteiger partial charge >= 0.3 is 0 Å². The number of ether oxygens (including phenoxy) is 2. The topological polar surface area (TPSA) is 136 Å². The van der Waals surface area contributed by atoms with E-state index in [2.05, 4.69) is 25.6 Å². The highest BCUT2D eigenvalue weighted by Crippen LogP contribution is 2.37. The Labute approximate surface area is 220 Å². The van der Waals surface area contributed by atoms with Crippen LogP contribution in [0.1, 0.15) is 21.5 Å². The Morgan fingerprint density at radius 1 is 1.08 bits per heavy atom. The molecule has 0 spiro atoms. The molecule has 0 saturated carbocycles. The minimum atomic E-state index is -3.24. The Morgan fingerprint density at radius 3 is 2.71 bits per heavy atom. The van der Waals surface area contributed by atoms with Crippen LogP contribution in [0, 0.1) is 6.92 Å². The number of benzene rings is 2. The fourth-order valence-electron chi connectivity index (χ4n) is 4.30. The molecule has 3 N–H and O–H groups in total. The number of nitrogens with one attached hydrogen (secondary N) is 3. The third kappa shape index (κ3) is 5.77. The maximum absolute atomic E-state index is 13.4. The smallest absolute Gasteiger partial charge is 0.259 e. The van der Waals surface area contributed by atoms with E-state index in [9.17, 15) is 13.2 Å². The van der Waals surface area contributed by atoms with Crippen LogP contribution in [0.3, 0.4) is 0 Å². The zero-order valence-electron chi connectivity index (χ0n) is 21.0. The Morgan fingerprint density at radius 2 is 1.89 bits per heavy atom. The summed E-state index contributed by atoms with van der Waals surface area (Å²) >= 11 is 0. The number of amides is 1. The van der Waals surface area contributed by atoms with Crippen LogP contribution in [-0.4, -0.2) is 61.5 Å². The molecule has 5 rings (SSSR count). The molecular weight excluding hydrogens is 508 g/mol. The van der Waals surface area contributed by atoms with Gasteiger partial charge in [-0.25, -0.2) is 13.1 Å². The van der Waals surface area contributed by atoms with E-state index in [1.165, 1.54) is 6.33 Å². The van der Waals surface area contributed by atoms with E-state index in [1.54, 1.807) is 10.5 Å². The SMILES string of the molecule is Cc1c(NC(=O)c2cc(CNCCNS(C)(=O)=O)cn3cnnc23)cccc1-c1ccc2c(c1)OCCO2. The number of aromatic nitrogens is 3. The fourth-order valence-corrected chi connectivity index (χ4v) is 4.77. The predicted molar refractivity (Wildman–Crippen MR) is 143 cm³/mol. The predicted octanol–water partition coefficient (Wildman–Crippen LogP) is 2.37. The number of hydrogen-bond acceptors (Lipinski definition) is 8. The van der Waals surface area contributed by atoms with E-state index in [-0.39, 0.29) is 12.5 Å². The molecule has 0 bridgehead atoms. The number of carbonyl (C=O) groups excluding carboxylic acids is 1. The van der Waals surface area contributed by atoms with E-state index in [0.29, 0.717) is 49.0 Å². The van der Waals surface area contributed by atoms with Gasteiger partial charge in [0.1, 0.15) is 19.5 Å². The van der Waals surface area contributed by atoms with Crippen LogP contribution >= 0.6 is 0 Å². The van der Waals surface area contributed by atoms with Crippen LogP contribution in [0.4, 0.5) is 5.69 Å². The molecule has 38 heavy (non-hydrogen) atoms. The third-order valence-electron chi connectivity index (χ3n) is 6.12. The number of hydrogen-bond donors (Lipinski definition) is 3. The van der Waals surface area contributed by atoms with E-state index < -0.39 is 10.0 Å². The summed E-state index contributed by atoms with van der Waals surface area (Å²) in [6.45, 7) is 4.12. The maximum atomic E-state index is 13.4. The molecule has 0 radical (unpaired) electrons. The normalized spacial score (nSPS) is 13.0. The van der Waals surface area contributed by atoms with E-state index >= 15 is 0 Å². The van der Waals surface area contributed by atoms with Crippen molar-refractivity contribution in [3.8, 4) is 22.6 Å². The van der Waals surface area contributed by atoms with Gasteiger partial charge in [0.05, 0.1) is 11.8 Å². The van der Waals surface area contributed by atoms with Crippen LogP contribution in [0.15, 0.2) is 55.0 Å². The van der Waals surface area contributed by atoms with Crippen LogP contribution in [0.2, 0.25) is 0 Å². The summed E-state index contributed by atoms with van der Waals surface area (Å²) in [6.07, 6.45) is 4.48. The summed E-state index contributed by atoms with van der Waals surface area (Å²) in [5.74, 6) is 1.11. The van der Waals surface area contributed by atoms with Gasteiger partial charge in [0.2, 0.25) is 10.0 Å². The molecule has 1 amide bonds. The van der Waals surface area contributed by atoms with Crippen molar-refractivity contribution in [2.75, 3.05) is 37.9 Å². The number of nitrogens with zero attached hydrogens (tertiary/aromatic N) is 3. The lowest BCUT2D eigenvalue weighted by Crippen LogP contribution is -2.30. The molecular formula is C26H28N6O5S. The maximum Gasteiger partial charge on any atom is 0.259 e. The molecule has 4 aromatic rings. The highest BCUT2D eigenvalue weighted by Gasteiger charge is 2.18. The first-order valence-electron chi connectivity index (χ1n) is 12.1. The molecule has 1 aliphatic rings. The van der Waals surface area contributed by atoms with Gasteiger partial charge in [-0.05, 0) is 53.4 Å². The van der Waals surface area contributed by atoms with Gasteiger partial charge in [0, 0.05) is 31.5 Å². The van der Waals surface area contributed by atoms with E-state index in [0.717, 1.165) is 34.3 Å². The monoisotopic (exact) mass is 536 g/mol. The lowest BCUT2D eigenvalue weighted by molar-refractivity contribution is 0.102. The van der Waals surface area contributed by atoms with Crippen molar-refractivity contribution in [1.29, 1.82) is 0 Å². The average Bonchev–Trinajstić information content (AvgIpc) is 3.37. The summed E-state index contributed by atoms with van der Waals surface area (Å²) < 4.78 is 37.9. The molecule has 0 saturated heterocycles. The minimum absolute atomic E-state index is 0.264. The fraction of sp³-hybridized carbons (Fsp3) is 0.269. The molecule has 0 atom stereocenters. The molecule has 0 aliphatic carbocycles. The van der Waals surface area contributed by atoms with Gasteiger partial charge in [-0.1, -0.05) is 18.2 Å². The van der Waals surface area contributed by atoms with E-state index in [4.69, 9.17) is 9.47 Å². The number of sulfonamides is 1. The van der Waals surface area contributed by atoms with Crippen molar-refractivity contribution in [1.82, 2.24) is 24.6 Å². The molecule has 2 aromatic carbocycles. The highest BCUT2D eigenvalue weighted by atomic mass is 32.2. The highest BCUT2D eigenvalue weighted by molar-refractivity contribution is 7.88. The number of fused-ring (bicyclic) bond motifs is 2. The minimum Gasteiger partial charge on any atom is -0.486 e. The summed E-state index contributed by atoms with van der Waals surface area (Å²) in [6, 6.07) is 13.3. The van der Waals surface area contributed by atoms with Crippen LogP contribution in [0.25, 0.3) is 16.8 Å². The van der Waals surface area contributed by atoms with Crippen LogP contribution < -0.4 is 24.8 Å². The molecule has 0 unspecified atom stereocenters. The van der Waals surface area contributed by atoms with Crippen molar-refractivity contribution in [2.45, 2.75) is 13.5 Å². The molecule has 3 heterocycles. The van der Waals surface area contributed by atoms with Crippen molar-refractivity contribution < 1.29 is 22.7 Å². The molecule has 12 heteroatoms. The van der Waals surface area contributed by atoms with Crippen molar-refractivity contribution in [2.24, 2.45) is 0 Å². The summed E-state index contributed by atoms with van der Waals surface area (Å²) in [7, 11) is -3.24. The zero-order valence-corrected chi connectivity index (χ0v) is 21.8. The first kappa shape index (κ1) is 25.6. The van der Waals surface area contributed by atoms with Gasteiger partial charge in [-0.15, -0.1) is 10.2 Å². The van der Waals surface area contributed by atoms with Gasteiger partial charge in [0.25, 0.3) is 5.91 Å². The van der Waals surface area contributed by atoms with Crippen molar-refractivity contribution >= 4 is 27.3 Å². The van der Waals surface area contributed by atoms with Gasteiger partial charge in [0.15, 0.2) is 17.1 Å². The number of rotatable bonds is 9. The summed E-state index contributed by atoms with van der Waals surface area (Å²) in [4.78, 5) is 13.4. The second-order valence-corrected chi connectivity index (χ2v) is 10.8. The van der Waals surface area contributed by atoms with Crippen molar-refractivity contribution in [3.63, 3.8) is 0 Å². The zero-order chi connectivity index (χ0) is 26.7. The largest absolute Gasteiger partial charge is 0.486 e. The molecule has 198 valence electrons. The second-order valence-electron chi connectivity index (χ2n) is 8.96. The quantitative estimate of drug-likeness (QED) is 0.278. The number of anilines is 1. The lowest BCUT2D eigenvalue weighted by atomic mass is 9.98. The van der Waals surface area contributed by atoms with Crippen LogP contribution in [0.5, 0.6) is 11.5 Å². The third-order valence-corrected chi connectivity index (χ3v) is 6.85. The summed E-state index contributed by atoms with van der Waals surface area (Å²) in [5, 5.41) is 14.3. The number of carbonyl (C=O) groups is 1. The van der Waals surface area contributed by atoms with Gasteiger partial charge in [-0.2, -0.15) is 0 Å².